The van der Waals surface area contributed by atoms with Gasteiger partial charge < -0.3 is 25.3 Å². The van der Waals surface area contributed by atoms with Crippen LogP contribution in [0.5, 0.6) is 0 Å². The monoisotopic (exact) mass is 777 g/mol. The molecule has 0 bridgehead atoms. The van der Waals surface area contributed by atoms with Gasteiger partial charge in [-0.1, -0.05) is 153 Å². The van der Waals surface area contributed by atoms with Crippen LogP contribution in [0.1, 0.15) is 70.3 Å². The van der Waals surface area contributed by atoms with Gasteiger partial charge in [0.2, 0.25) is 5.91 Å². The normalized spacial score (nSPS) is 12.8. The number of carbonyl (C=O) groups excluding carboxylic acids is 2. The Hall–Kier alpha value is -5.80. The Morgan fingerprint density at radius 1 is 0.638 bits per heavy atom. The number of fused-ring (bicyclic) bond motifs is 1. The molecule has 2 amide bonds. The molecular formula is C50H55N3O5. The fourth-order valence-corrected chi connectivity index (χ4v) is 7.24. The summed E-state index contributed by atoms with van der Waals surface area (Å²) in [6.45, 7) is 4.88. The summed E-state index contributed by atoms with van der Waals surface area (Å²) in [6.07, 6.45) is 1.05. The topological polar surface area (TPSA) is 103 Å². The smallest absolute Gasteiger partial charge is 0.412 e. The Kier molecular flexibility index (Phi) is 16.0. The molecule has 0 radical (unpaired) electrons. The number of nitrogens with zero attached hydrogens (tertiary/aromatic N) is 1. The van der Waals surface area contributed by atoms with Gasteiger partial charge in [-0.15, -0.1) is 0 Å². The number of nitrogens with one attached hydrogen (secondary N) is 1. The van der Waals surface area contributed by atoms with E-state index in [2.05, 4.69) is 54.7 Å². The third-order valence-corrected chi connectivity index (χ3v) is 10.4. The standard InChI is InChI=1S/C50H55N3O5/c1-2-32-52-34-44(46-24-14-22-42-21-12-13-23-45(42)46)29-30-47(56-35-39-15-6-3-7-16-39)49(57-36-40-17-8-4-9-18-40)53(50(55)58-37-41-19-10-5-11-20-41)33-31-38-25-27-43(28-26-38)48(51)54/h3-28,44,47,49,52H,2,29-37H2,1H3,(H2,51,54). The van der Waals surface area contributed by atoms with Crippen molar-refractivity contribution in [2.24, 2.45) is 5.73 Å². The first kappa shape index (κ1) is 41.8. The molecule has 0 saturated carbocycles. The van der Waals surface area contributed by atoms with Gasteiger partial charge in [0.05, 0.1) is 13.2 Å². The van der Waals surface area contributed by atoms with Crippen molar-refractivity contribution in [2.45, 2.75) is 70.7 Å². The third-order valence-electron chi connectivity index (χ3n) is 10.4. The number of nitrogens with two attached hydrogens (primary N) is 1. The van der Waals surface area contributed by atoms with Crippen molar-refractivity contribution in [3.63, 3.8) is 0 Å². The molecule has 0 fully saturated rings. The van der Waals surface area contributed by atoms with Crippen LogP contribution in [0.3, 0.4) is 0 Å². The summed E-state index contributed by atoms with van der Waals surface area (Å²) < 4.78 is 19.9. The zero-order valence-corrected chi connectivity index (χ0v) is 33.4. The molecule has 0 aliphatic heterocycles. The van der Waals surface area contributed by atoms with E-state index in [1.807, 2.05) is 103 Å². The maximum atomic E-state index is 14.5. The molecule has 58 heavy (non-hydrogen) atoms. The van der Waals surface area contributed by atoms with E-state index in [1.165, 1.54) is 16.3 Å². The van der Waals surface area contributed by atoms with Crippen LogP contribution in [0, 0.1) is 0 Å². The summed E-state index contributed by atoms with van der Waals surface area (Å²) in [5.41, 5.74) is 11.1. The predicted molar refractivity (Wildman–Crippen MR) is 231 cm³/mol. The third kappa shape index (κ3) is 12.3. The largest absolute Gasteiger partial charge is 0.444 e. The van der Waals surface area contributed by atoms with Gasteiger partial charge in [0.1, 0.15) is 12.7 Å². The Labute approximate surface area is 342 Å². The van der Waals surface area contributed by atoms with E-state index < -0.39 is 24.3 Å². The van der Waals surface area contributed by atoms with E-state index >= 15 is 0 Å². The van der Waals surface area contributed by atoms with E-state index in [0.29, 0.717) is 25.0 Å². The Morgan fingerprint density at radius 3 is 1.86 bits per heavy atom. The zero-order chi connectivity index (χ0) is 40.4. The molecule has 0 aromatic heterocycles. The number of hydrogen-bond donors (Lipinski definition) is 2. The number of ether oxygens (including phenoxy) is 3. The highest BCUT2D eigenvalue weighted by Gasteiger charge is 2.35. The van der Waals surface area contributed by atoms with Gasteiger partial charge in [0.25, 0.3) is 0 Å². The molecular weight excluding hydrogens is 723 g/mol. The molecule has 8 nitrogen and oxygen atoms in total. The van der Waals surface area contributed by atoms with Gasteiger partial charge in [0, 0.05) is 18.7 Å². The lowest BCUT2D eigenvalue weighted by Crippen LogP contribution is -2.50. The van der Waals surface area contributed by atoms with Gasteiger partial charge in [-0.05, 0) is 88.9 Å². The van der Waals surface area contributed by atoms with E-state index in [9.17, 15) is 9.59 Å². The maximum absolute atomic E-state index is 14.5. The quantitative estimate of drug-likeness (QED) is 0.0526. The average Bonchev–Trinajstić information content (AvgIpc) is 3.27. The van der Waals surface area contributed by atoms with Crippen LogP contribution in [-0.2, 0) is 40.5 Å². The lowest BCUT2D eigenvalue weighted by molar-refractivity contribution is -0.150. The second kappa shape index (κ2) is 22.2. The number of hydrogen-bond acceptors (Lipinski definition) is 6. The van der Waals surface area contributed by atoms with Crippen molar-refractivity contribution in [2.75, 3.05) is 19.6 Å². The fraction of sp³-hybridized carbons (Fsp3) is 0.280. The summed E-state index contributed by atoms with van der Waals surface area (Å²) >= 11 is 0. The molecule has 3 atom stereocenters. The van der Waals surface area contributed by atoms with Crippen molar-refractivity contribution < 1.29 is 23.8 Å². The van der Waals surface area contributed by atoms with Crippen LogP contribution in [0.25, 0.3) is 10.8 Å². The van der Waals surface area contributed by atoms with Crippen molar-refractivity contribution in [1.29, 1.82) is 0 Å². The first-order chi connectivity index (χ1) is 28.5. The highest BCUT2D eigenvalue weighted by atomic mass is 16.6. The van der Waals surface area contributed by atoms with E-state index in [-0.39, 0.29) is 25.7 Å². The van der Waals surface area contributed by atoms with Crippen molar-refractivity contribution in [3.05, 3.63) is 191 Å². The lowest BCUT2D eigenvalue weighted by Gasteiger charge is -2.37. The molecule has 0 spiro atoms. The van der Waals surface area contributed by atoms with Crippen LogP contribution < -0.4 is 11.1 Å². The van der Waals surface area contributed by atoms with Gasteiger partial charge >= 0.3 is 6.09 Å². The van der Waals surface area contributed by atoms with Crippen molar-refractivity contribution >= 4 is 22.8 Å². The second-order valence-electron chi connectivity index (χ2n) is 14.6. The molecule has 6 rings (SSSR count). The van der Waals surface area contributed by atoms with E-state index in [1.54, 1.807) is 17.0 Å². The summed E-state index contributed by atoms with van der Waals surface area (Å²) in [5.74, 6) is -0.324. The predicted octanol–water partition coefficient (Wildman–Crippen LogP) is 9.81. The Bertz CT molecular complexity index is 2130. The maximum Gasteiger partial charge on any atom is 0.412 e. The van der Waals surface area contributed by atoms with Gasteiger partial charge in [-0.2, -0.15) is 0 Å². The zero-order valence-electron chi connectivity index (χ0n) is 33.4. The summed E-state index contributed by atoms with van der Waals surface area (Å²) in [5, 5.41) is 6.14. The first-order valence-corrected chi connectivity index (χ1v) is 20.3. The minimum atomic E-state index is -0.811. The minimum absolute atomic E-state index is 0.108. The van der Waals surface area contributed by atoms with Crippen LogP contribution in [-0.4, -0.2) is 48.9 Å². The first-order valence-electron chi connectivity index (χ1n) is 20.3. The molecule has 3 N–H and O–H groups in total. The number of rotatable bonds is 22. The molecule has 6 aromatic carbocycles. The van der Waals surface area contributed by atoms with E-state index in [4.69, 9.17) is 19.9 Å². The van der Waals surface area contributed by atoms with Crippen molar-refractivity contribution in [1.82, 2.24) is 10.2 Å². The lowest BCUT2D eigenvalue weighted by atomic mass is 9.88. The number of primary amides is 1. The number of carbonyl (C=O) groups is 2. The summed E-state index contributed by atoms with van der Waals surface area (Å²) in [6, 6.07) is 52.0. The molecule has 0 heterocycles. The minimum Gasteiger partial charge on any atom is -0.444 e. The fourth-order valence-electron chi connectivity index (χ4n) is 7.24. The highest BCUT2D eigenvalue weighted by Crippen LogP contribution is 2.31. The summed E-state index contributed by atoms with van der Waals surface area (Å²) in [4.78, 5) is 28.0. The Balaban J connectivity index is 1.36. The Morgan fingerprint density at radius 2 is 1.22 bits per heavy atom. The average molecular weight is 778 g/mol. The second-order valence-corrected chi connectivity index (χ2v) is 14.6. The molecule has 300 valence electrons. The van der Waals surface area contributed by atoms with Crippen LogP contribution >= 0.6 is 0 Å². The number of amides is 2. The SMILES string of the molecule is CCCNCC(CCC(OCc1ccccc1)C(OCc1ccccc1)N(CCc1ccc(C(N)=O)cc1)C(=O)OCc1ccccc1)c1cccc2ccccc12. The summed E-state index contributed by atoms with van der Waals surface area (Å²) in [7, 11) is 0. The molecule has 8 heteroatoms. The van der Waals surface area contributed by atoms with Gasteiger partial charge in [-0.3, -0.25) is 9.69 Å². The van der Waals surface area contributed by atoms with Crippen LogP contribution in [0.4, 0.5) is 4.79 Å². The van der Waals surface area contributed by atoms with Crippen molar-refractivity contribution in [3.8, 4) is 0 Å². The molecule has 6 aromatic rings. The molecule has 3 unspecified atom stereocenters. The van der Waals surface area contributed by atoms with Crippen LogP contribution in [0.15, 0.2) is 158 Å². The van der Waals surface area contributed by atoms with Gasteiger partial charge in [0.15, 0.2) is 6.23 Å². The van der Waals surface area contributed by atoms with Crippen LogP contribution in [0.2, 0.25) is 0 Å². The number of benzene rings is 6. The van der Waals surface area contributed by atoms with Gasteiger partial charge in [-0.25, -0.2) is 4.79 Å². The van der Waals surface area contributed by atoms with E-state index in [0.717, 1.165) is 48.2 Å². The molecule has 0 saturated heterocycles. The molecule has 0 aliphatic carbocycles. The highest BCUT2D eigenvalue weighted by molar-refractivity contribution is 5.92. The molecule has 0 aliphatic rings.